The minimum atomic E-state index is -0.279. The third-order valence-electron chi connectivity index (χ3n) is 4.05. The molecule has 1 saturated heterocycles. The maximum absolute atomic E-state index is 10.3. The van der Waals surface area contributed by atoms with Crippen LogP contribution in [-0.4, -0.2) is 28.5 Å². The minimum absolute atomic E-state index is 0.207. The van der Waals surface area contributed by atoms with Crippen LogP contribution in [0.3, 0.4) is 0 Å². The van der Waals surface area contributed by atoms with Gasteiger partial charge in [-0.15, -0.1) is 0 Å². The molecule has 2 unspecified atom stereocenters. The van der Waals surface area contributed by atoms with Gasteiger partial charge in [-0.25, -0.2) is 4.99 Å². The number of hydrogen-bond donors (Lipinski definition) is 1. The number of hydrogen-bond acceptors (Lipinski definition) is 3. The van der Waals surface area contributed by atoms with Crippen molar-refractivity contribution in [1.29, 1.82) is 0 Å². The highest BCUT2D eigenvalue weighted by atomic mass is 16.3. The Labute approximate surface area is 108 Å². The van der Waals surface area contributed by atoms with Gasteiger partial charge >= 0.3 is 0 Å². The average molecular weight is 244 g/mol. The molecule has 2 aliphatic rings. The molecule has 2 heterocycles. The van der Waals surface area contributed by atoms with Crippen LogP contribution in [0.15, 0.2) is 29.3 Å². The van der Waals surface area contributed by atoms with Gasteiger partial charge in [0.1, 0.15) is 5.84 Å². The van der Waals surface area contributed by atoms with E-state index in [4.69, 9.17) is 4.99 Å². The normalized spacial score (nSPS) is 23.7. The highest BCUT2D eigenvalue weighted by molar-refractivity contribution is 5.91. The molecule has 0 spiro atoms. The van der Waals surface area contributed by atoms with Gasteiger partial charge in [-0.2, -0.15) is 0 Å². The van der Waals surface area contributed by atoms with E-state index < -0.39 is 0 Å². The first-order chi connectivity index (χ1) is 8.66. The number of aliphatic imine (C=N–C) groups is 1. The van der Waals surface area contributed by atoms with Crippen molar-refractivity contribution < 1.29 is 5.11 Å². The summed E-state index contributed by atoms with van der Waals surface area (Å²) in [5.74, 6) is 1.59. The molecular formula is C15H20N2O. The van der Waals surface area contributed by atoms with Gasteiger partial charge in [0.2, 0.25) is 0 Å². The Hall–Kier alpha value is -1.35. The molecule has 0 aromatic heterocycles. The van der Waals surface area contributed by atoms with Crippen molar-refractivity contribution in [2.45, 2.75) is 32.9 Å². The molecule has 3 rings (SSSR count). The molecule has 1 N–H and O–H groups in total. The average Bonchev–Trinajstić information content (AvgIpc) is 2.77. The van der Waals surface area contributed by atoms with Crippen LogP contribution in [0.4, 0.5) is 5.69 Å². The lowest BCUT2D eigenvalue weighted by atomic mass is 9.91. The highest BCUT2D eigenvalue weighted by Gasteiger charge is 2.37. The third kappa shape index (κ3) is 1.83. The molecule has 1 aromatic carbocycles. The van der Waals surface area contributed by atoms with E-state index >= 15 is 0 Å². The van der Waals surface area contributed by atoms with Crippen molar-refractivity contribution in [1.82, 2.24) is 4.90 Å². The summed E-state index contributed by atoms with van der Waals surface area (Å²) in [5.41, 5.74) is 2.37. The Balaban J connectivity index is 1.94. The van der Waals surface area contributed by atoms with Gasteiger partial charge < -0.3 is 10.0 Å². The predicted octanol–water partition coefficient (Wildman–Crippen LogP) is 2.57. The van der Waals surface area contributed by atoms with Crippen LogP contribution < -0.4 is 0 Å². The van der Waals surface area contributed by atoms with Gasteiger partial charge in [-0.1, -0.05) is 32.0 Å². The Morgan fingerprint density at radius 3 is 2.89 bits per heavy atom. The molecular weight excluding hydrogens is 224 g/mol. The molecule has 1 fully saturated rings. The number of fused-ring (bicyclic) bond motifs is 2. The first kappa shape index (κ1) is 11.7. The molecule has 0 bridgehead atoms. The maximum atomic E-state index is 10.3. The van der Waals surface area contributed by atoms with Gasteiger partial charge in [0.25, 0.3) is 0 Å². The van der Waals surface area contributed by atoms with Gasteiger partial charge in [-0.3, -0.25) is 0 Å². The molecule has 18 heavy (non-hydrogen) atoms. The van der Waals surface area contributed by atoms with Crippen molar-refractivity contribution in [3.8, 4) is 0 Å². The number of aliphatic hydroxyl groups excluding tert-OH is 1. The maximum Gasteiger partial charge on any atom is 0.111 e. The molecule has 0 saturated carbocycles. The molecule has 2 aliphatic heterocycles. The summed E-state index contributed by atoms with van der Waals surface area (Å²) >= 11 is 0. The zero-order valence-corrected chi connectivity index (χ0v) is 11.0. The highest BCUT2D eigenvalue weighted by Crippen LogP contribution is 2.34. The molecule has 1 aromatic rings. The fraction of sp³-hybridized carbons (Fsp3) is 0.533. The lowest BCUT2D eigenvalue weighted by Gasteiger charge is -2.29. The summed E-state index contributed by atoms with van der Waals surface area (Å²) in [4.78, 5) is 7.09. The van der Waals surface area contributed by atoms with Crippen LogP contribution in [0, 0.1) is 11.8 Å². The summed E-state index contributed by atoms with van der Waals surface area (Å²) < 4.78 is 0. The number of benzene rings is 1. The summed E-state index contributed by atoms with van der Waals surface area (Å²) in [7, 11) is 0. The quantitative estimate of drug-likeness (QED) is 0.868. The standard InChI is InChI=1S/C15H20N2O/c1-10(2)14(18)12-7-8-17-9-11-5-3-4-6-13(11)16-15(12)17/h3-6,10,12,14,18H,7-9H2,1-2H3. The molecule has 2 atom stereocenters. The molecule has 0 aliphatic carbocycles. The smallest absolute Gasteiger partial charge is 0.111 e. The Bertz CT molecular complexity index is 481. The molecule has 3 heteroatoms. The van der Waals surface area contributed by atoms with E-state index in [0.717, 1.165) is 31.0 Å². The molecule has 96 valence electrons. The first-order valence-electron chi connectivity index (χ1n) is 6.76. The number of rotatable bonds is 2. The fourth-order valence-corrected chi connectivity index (χ4v) is 2.96. The largest absolute Gasteiger partial charge is 0.392 e. The SMILES string of the molecule is CC(C)C(O)C1CCN2Cc3ccccc3N=C12. The van der Waals surface area contributed by atoms with E-state index in [2.05, 4.69) is 36.9 Å². The monoisotopic (exact) mass is 244 g/mol. The molecule has 0 amide bonds. The predicted molar refractivity (Wildman–Crippen MR) is 72.9 cm³/mol. The van der Waals surface area contributed by atoms with Crippen LogP contribution in [0.25, 0.3) is 0 Å². The van der Waals surface area contributed by atoms with Crippen molar-refractivity contribution in [3.05, 3.63) is 29.8 Å². The zero-order valence-electron chi connectivity index (χ0n) is 11.0. The van der Waals surface area contributed by atoms with Crippen LogP contribution in [0.1, 0.15) is 25.8 Å². The van der Waals surface area contributed by atoms with E-state index in [1.807, 2.05) is 6.07 Å². The molecule has 3 nitrogen and oxygen atoms in total. The Morgan fingerprint density at radius 2 is 2.11 bits per heavy atom. The van der Waals surface area contributed by atoms with Crippen LogP contribution >= 0.6 is 0 Å². The summed E-state index contributed by atoms with van der Waals surface area (Å²) in [6.07, 6.45) is 0.741. The second kappa shape index (κ2) is 4.39. The van der Waals surface area contributed by atoms with E-state index in [9.17, 15) is 5.11 Å². The van der Waals surface area contributed by atoms with Gasteiger partial charge in [0.15, 0.2) is 0 Å². The van der Waals surface area contributed by atoms with E-state index in [-0.39, 0.29) is 17.9 Å². The van der Waals surface area contributed by atoms with Gasteiger partial charge in [-0.05, 0) is 24.0 Å². The van der Waals surface area contributed by atoms with Crippen LogP contribution in [0.5, 0.6) is 0 Å². The Kier molecular flexibility index (Phi) is 2.86. The van der Waals surface area contributed by atoms with Crippen LogP contribution in [-0.2, 0) is 6.54 Å². The molecule has 0 radical (unpaired) electrons. The van der Waals surface area contributed by atoms with Crippen molar-refractivity contribution in [2.24, 2.45) is 16.8 Å². The third-order valence-corrected chi connectivity index (χ3v) is 4.05. The number of nitrogens with zero attached hydrogens (tertiary/aromatic N) is 2. The summed E-state index contributed by atoms with van der Waals surface area (Å²) in [5, 5.41) is 10.3. The van der Waals surface area contributed by atoms with Crippen molar-refractivity contribution in [2.75, 3.05) is 6.54 Å². The van der Waals surface area contributed by atoms with E-state index in [0.29, 0.717) is 0 Å². The lowest BCUT2D eigenvalue weighted by molar-refractivity contribution is 0.0926. The minimum Gasteiger partial charge on any atom is -0.392 e. The summed E-state index contributed by atoms with van der Waals surface area (Å²) in [6.45, 7) is 6.10. The lowest BCUT2D eigenvalue weighted by Crippen LogP contribution is -2.36. The topological polar surface area (TPSA) is 35.8 Å². The second-order valence-electron chi connectivity index (χ2n) is 5.65. The summed E-state index contributed by atoms with van der Waals surface area (Å²) in [6, 6.07) is 8.30. The first-order valence-corrected chi connectivity index (χ1v) is 6.76. The van der Waals surface area contributed by atoms with Crippen LogP contribution in [0.2, 0.25) is 0 Å². The second-order valence-corrected chi connectivity index (χ2v) is 5.65. The zero-order chi connectivity index (χ0) is 12.7. The fourth-order valence-electron chi connectivity index (χ4n) is 2.96. The Morgan fingerprint density at radius 1 is 1.33 bits per heavy atom. The van der Waals surface area contributed by atoms with Gasteiger partial charge in [0.05, 0.1) is 11.8 Å². The number of aliphatic hydroxyl groups is 1. The van der Waals surface area contributed by atoms with E-state index in [1.165, 1.54) is 5.56 Å². The number of amidine groups is 1. The van der Waals surface area contributed by atoms with E-state index in [1.54, 1.807) is 0 Å². The number of para-hydroxylation sites is 1. The van der Waals surface area contributed by atoms with Crippen molar-refractivity contribution >= 4 is 11.5 Å². The van der Waals surface area contributed by atoms with Gasteiger partial charge in [0, 0.05) is 19.0 Å². The van der Waals surface area contributed by atoms with Crippen molar-refractivity contribution in [3.63, 3.8) is 0 Å².